The molecule has 2 nitrogen and oxygen atoms in total. The van der Waals surface area contributed by atoms with Gasteiger partial charge < -0.3 is 8.85 Å². The summed E-state index contributed by atoms with van der Waals surface area (Å²) in [5.41, 5.74) is 1.84. The highest BCUT2D eigenvalue weighted by atomic mass is 28.4. The molecule has 0 aliphatic rings. The number of hydrogen-bond acceptors (Lipinski definition) is 2. The summed E-state index contributed by atoms with van der Waals surface area (Å²) >= 11 is 0. The summed E-state index contributed by atoms with van der Waals surface area (Å²) < 4.78 is 11.3. The Morgan fingerprint density at radius 1 is 1.38 bits per heavy atom. The molecule has 1 unspecified atom stereocenters. The molecule has 0 aromatic carbocycles. The standard InChI is InChI=1S/C10H22O2Si/c1-6-11-13(5,7-2)12-9-8-10(3)4/h7,10H,2,6,8-9H2,1,3-5H3. The molecule has 0 spiro atoms. The van der Waals surface area contributed by atoms with Gasteiger partial charge in [0.2, 0.25) is 0 Å². The van der Waals surface area contributed by atoms with Gasteiger partial charge in [-0.25, -0.2) is 0 Å². The van der Waals surface area contributed by atoms with Gasteiger partial charge in [0.15, 0.2) is 0 Å². The Labute approximate surface area is 83.2 Å². The number of rotatable bonds is 7. The summed E-state index contributed by atoms with van der Waals surface area (Å²) in [5, 5.41) is 0. The third-order valence-corrected chi connectivity index (χ3v) is 4.27. The average Bonchev–Trinajstić information content (AvgIpc) is 2.04. The van der Waals surface area contributed by atoms with Gasteiger partial charge in [-0.05, 0) is 31.5 Å². The first kappa shape index (κ1) is 12.9. The quantitative estimate of drug-likeness (QED) is 0.591. The second-order valence-electron chi connectivity index (χ2n) is 3.68. The van der Waals surface area contributed by atoms with Crippen LogP contribution >= 0.6 is 0 Å². The van der Waals surface area contributed by atoms with Gasteiger partial charge in [-0.2, -0.15) is 0 Å². The molecule has 0 aliphatic heterocycles. The van der Waals surface area contributed by atoms with Crippen LogP contribution in [0.1, 0.15) is 27.2 Å². The molecule has 13 heavy (non-hydrogen) atoms. The Morgan fingerprint density at radius 3 is 2.38 bits per heavy atom. The fourth-order valence-corrected chi connectivity index (χ4v) is 2.36. The maximum Gasteiger partial charge on any atom is 0.361 e. The van der Waals surface area contributed by atoms with Crippen LogP contribution < -0.4 is 0 Å². The van der Waals surface area contributed by atoms with Gasteiger partial charge in [0.05, 0.1) is 0 Å². The maximum absolute atomic E-state index is 5.73. The topological polar surface area (TPSA) is 18.5 Å². The van der Waals surface area contributed by atoms with Gasteiger partial charge in [-0.3, -0.25) is 0 Å². The molecule has 0 aromatic heterocycles. The van der Waals surface area contributed by atoms with E-state index in [1.54, 1.807) is 0 Å². The summed E-state index contributed by atoms with van der Waals surface area (Å²) in [6.07, 6.45) is 1.09. The van der Waals surface area contributed by atoms with E-state index in [0.29, 0.717) is 12.5 Å². The first-order valence-corrected chi connectivity index (χ1v) is 7.35. The smallest absolute Gasteiger partial charge is 0.361 e. The minimum Gasteiger partial charge on any atom is -0.392 e. The third kappa shape index (κ3) is 6.02. The van der Waals surface area contributed by atoms with Crippen LogP contribution in [0.15, 0.2) is 12.3 Å². The fourth-order valence-electron chi connectivity index (χ4n) is 0.943. The van der Waals surface area contributed by atoms with E-state index in [1.165, 1.54) is 0 Å². The molecule has 0 fully saturated rings. The molecule has 0 saturated carbocycles. The Hall–Kier alpha value is -0.123. The van der Waals surface area contributed by atoms with Crippen LogP contribution in [0.5, 0.6) is 0 Å². The van der Waals surface area contributed by atoms with Gasteiger partial charge in [0, 0.05) is 13.2 Å². The second-order valence-corrected chi connectivity index (χ2v) is 6.70. The van der Waals surface area contributed by atoms with E-state index in [2.05, 4.69) is 20.4 Å². The zero-order valence-corrected chi connectivity index (χ0v) is 10.3. The van der Waals surface area contributed by atoms with Crippen molar-refractivity contribution in [2.45, 2.75) is 33.7 Å². The van der Waals surface area contributed by atoms with Crippen LogP contribution in [0, 0.1) is 5.92 Å². The van der Waals surface area contributed by atoms with Gasteiger partial charge >= 0.3 is 8.56 Å². The minimum absolute atomic E-state index is 0.685. The van der Waals surface area contributed by atoms with Crippen LogP contribution in [0.2, 0.25) is 6.55 Å². The maximum atomic E-state index is 5.73. The van der Waals surface area contributed by atoms with Crippen molar-refractivity contribution >= 4 is 8.56 Å². The van der Waals surface area contributed by atoms with E-state index in [-0.39, 0.29) is 0 Å². The fraction of sp³-hybridized carbons (Fsp3) is 0.800. The zero-order valence-electron chi connectivity index (χ0n) is 9.30. The average molecular weight is 202 g/mol. The summed E-state index contributed by atoms with van der Waals surface area (Å²) in [6.45, 7) is 13.7. The normalized spacial score (nSPS) is 15.8. The van der Waals surface area contributed by atoms with Crippen LogP contribution in [-0.4, -0.2) is 21.8 Å². The SMILES string of the molecule is C=C[Si](C)(OCC)OCCC(C)C. The Balaban J connectivity index is 3.76. The van der Waals surface area contributed by atoms with E-state index in [9.17, 15) is 0 Å². The lowest BCUT2D eigenvalue weighted by Gasteiger charge is -2.23. The molecule has 78 valence electrons. The Morgan fingerprint density at radius 2 is 2.00 bits per heavy atom. The van der Waals surface area contributed by atoms with E-state index in [4.69, 9.17) is 8.85 Å². The lowest BCUT2D eigenvalue weighted by molar-refractivity contribution is 0.183. The van der Waals surface area contributed by atoms with E-state index >= 15 is 0 Å². The molecule has 0 radical (unpaired) electrons. The largest absolute Gasteiger partial charge is 0.392 e. The van der Waals surface area contributed by atoms with Crippen molar-refractivity contribution in [3.8, 4) is 0 Å². The predicted molar refractivity (Wildman–Crippen MR) is 58.8 cm³/mol. The van der Waals surface area contributed by atoms with Crippen molar-refractivity contribution in [2.24, 2.45) is 5.92 Å². The van der Waals surface area contributed by atoms with Gasteiger partial charge in [0.25, 0.3) is 0 Å². The summed E-state index contributed by atoms with van der Waals surface area (Å²) in [6, 6.07) is 0. The summed E-state index contributed by atoms with van der Waals surface area (Å²) in [5.74, 6) is 0.685. The highest BCUT2D eigenvalue weighted by molar-refractivity contribution is 6.71. The first-order valence-electron chi connectivity index (χ1n) is 4.95. The molecule has 0 bridgehead atoms. The molecule has 0 heterocycles. The van der Waals surface area contributed by atoms with Crippen LogP contribution in [0.4, 0.5) is 0 Å². The summed E-state index contributed by atoms with van der Waals surface area (Å²) in [4.78, 5) is 0. The Bertz CT molecular complexity index is 148. The van der Waals surface area contributed by atoms with Crippen molar-refractivity contribution in [3.63, 3.8) is 0 Å². The number of hydrogen-bond donors (Lipinski definition) is 0. The second kappa shape index (κ2) is 6.35. The van der Waals surface area contributed by atoms with Gasteiger partial charge in [-0.15, -0.1) is 6.58 Å². The highest BCUT2D eigenvalue weighted by Gasteiger charge is 2.26. The van der Waals surface area contributed by atoms with E-state index in [0.717, 1.165) is 13.0 Å². The van der Waals surface area contributed by atoms with Crippen molar-refractivity contribution in [3.05, 3.63) is 12.3 Å². The van der Waals surface area contributed by atoms with Gasteiger partial charge in [0.1, 0.15) is 0 Å². The summed E-state index contributed by atoms with van der Waals surface area (Å²) in [7, 11) is -2.03. The molecular weight excluding hydrogens is 180 g/mol. The lowest BCUT2D eigenvalue weighted by atomic mass is 10.2. The molecular formula is C10H22O2Si. The molecule has 0 saturated heterocycles. The molecule has 0 amide bonds. The van der Waals surface area contributed by atoms with Gasteiger partial charge in [-0.1, -0.05) is 13.8 Å². The van der Waals surface area contributed by atoms with Crippen LogP contribution in [-0.2, 0) is 8.85 Å². The van der Waals surface area contributed by atoms with Crippen molar-refractivity contribution < 1.29 is 8.85 Å². The van der Waals surface area contributed by atoms with Crippen molar-refractivity contribution in [1.82, 2.24) is 0 Å². The molecule has 3 heteroatoms. The van der Waals surface area contributed by atoms with Crippen LogP contribution in [0.25, 0.3) is 0 Å². The monoisotopic (exact) mass is 202 g/mol. The van der Waals surface area contributed by atoms with E-state index in [1.807, 2.05) is 19.2 Å². The minimum atomic E-state index is -2.03. The van der Waals surface area contributed by atoms with E-state index < -0.39 is 8.56 Å². The third-order valence-electron chi connectivity index (χ3n) is 1.89. The molecule has 0 aliphatic carbocycles. The zero-order chi connectivity index (χ0) is 10.3. The lowest BCUT2D eigenvalue weighted by Crippen LogP contribution is -2.37. The molecule has 1 atom stereocenters. The van der Waals surface area contributed by atoms with Crippen molar-refractivity contribution in [1.29, 1.82) is 0 Å². The molecule has 0 N–H and O–H groups in total. The highest BCUT2D eigenvalue weighted by Crippen LogP contribution is 2.10. The molecule has 0 aromatic rings. The Kier molecular flexibility index (Phi) is 6.29. The predicted octanol–water partition coefficient (Wildman–Crippen LogP) is 2.88. The molecule has 0 rings (SSSR count). The van der Waals surface area contributed by atoms with Crippen molar-refractivity contribution in [2.75, 3.05) is 13.2 Å². The van der Waals surface area contributed by atoms with Crippen LogP contribution in [0.3, 0.4) is 0 Å². The first-order chi connectivity index (χ1) is 6.04.